The quantitative estimate of drug-likeness (QED) is 0.600. The number of hydrogen-bond acceptors (Lipinski definition) is 5. The second-order valence-electron chi connectivity index (χ2n) is 7.25. The lowest BCUT2D eigenvalue weighted by Gasteiger charge is -2.18. The number of thioether (sulfide) groups is 1. The van der Waals surface area contributed by atoms with Crippen molar-refractivity contribution in [3.8, 4) is 0 Å². The number of tetrazole rings is 1. The number of carbonyl (C=O) groups excluding carboxylic acids is 1. The Balaban J connectivity index is 1.89. The second-order valence-corrected chi connectivity index (χ2v) is 8.33. The van der Waals surface area contributed by atoms with Crippen LogP contribution in [0.15, 0.2) is 53.7 Å². The van der Waals surface area contributed by atoms with E-state index in [0.29, 0.717) is 17.6 Å². The Labute approximate surface area is 169 Å². The lowest BCUT2D eigenvalue weighted by atomic mass is 10.1. The Kier molecular flexibility index (Phi) is 6.46. The zero-order chi connectivity index (χ0) is 20.1. The van der Waals surface area contributed by atoms with Gasteiger partial charge in [-0.2, -0.15) is 0 Å². The van der Waals surface area contributed by atoms with Crippen LogP contribution < -0.4 is 5.32 Å². The molecule has 0 aliphatic rings. The van der Waals surface area contributed by atoms with E-state index in [1.54, 1.807) is 4.68 Å². The maximum atomic E-state index is 13.2. The van der Waals surface area contributed by atoms with Crippen LogP contribution in [0.1, 0.15) is 35.8 Å². The van der Waals surface area contributed by atoms with E-state index >= 15 is 0 Å². The summed E-state index contributed by atoms with van der Waals surface area (Å²) >= 11 is 1.37. The van der Waals surface area contributed by atoms with Crippen LogP contribution >= 0.6 is 11.8 Å². The number of amides is 1. The predicted molar refractivity (Wildman–Crippen MR) is 112 cm³/mol. The zero-order valence-electron chi connectivity index (χ0n) is 16.6. The van der Waals surface area contributed by atoms with Crippen molar-refractivity contribution in [2.24, 2.45) is 5.92 Å². The largest absolute Gasteiger partial charge is 0.325 e. The number of nitrogens with one attached hydrogen (secondary N) is 1. The van der Waals surface area contributed by atoms with Crippen molar-refractivity contribution in [1.82, 2.24) is 20.2 Å². The molecule has 0 saturated heterocycles. The Morgan fingerprint density at radius 3 is 2.61 bits per heavy atom. The van der Waals surface area contributed by atoms with Gasteiger partial charge >= 0.3 is 0 Å². The molecule has 0 saturated carbocycles. The van der Waals surface area contributed by atoms with Crippen LogP contribution in [0.4, 0.5) is 5.69 Å². The topological polar surface area (TPSA) is 72.7 Å². The highest BCUT2D eigenvalue weighted by Crippen LogP contribution is 2.35. The summed E-state index contributed by atoms with van der Waals surface area (Å²) in [5, 5.41) is 15.3. The van der Waals surface area contributed by atoms with Gasteiger partial charge in [0.1, 0.15) is 5.25 Å². The van der Waals surface area contributed by atoms with Crippen LogP contribution in [0.2, 0.25) is 0 Å². The van der Waals surface area contributed by atoms with Gasteiger partial charge in [0.25, 0.3) is 0 Å². The fourth-order valence-corrected chi connectivity index (χ4v) is 3.80. The smallest absolute Gasteiger partial charge is 0.242 e. The maximum absolute atomic E-state index is 13.2. The van der Waals surface area contributed by atoms with Gasteiger partial charge in [0.05, 0.1) is 0 Å². The number of benzene rings is 2. The molecular formula is C21H25N5OS. The normalized spacial score (nSPS) is 12.2. The van der Waals surface area contributed by atoms with Crippen LogP contribution in [-0.4, -0.2) is 26.1 Å². The van der Waals surface area contributed by atoms with Crippen LogP contribution in [-0.2, 0) is 11.3 Å². The molecule has 1 heterocycles. The fourth-order valence-electron chi connectivity index (χ4n) is 2.82. The van der Waals surface area contributed by atoms with Crippen LogP contribution in [0.5, 0.6) is 0 Å². The number of aromatic nitrogens is 4. The van der Waals surface area contributed by atoms with Crippen molar-refractivity contribution in [2.75, 3.05) is 5.32 Å². The highest BCUT2D eigenvalue weighted by atomic mass is 32.2. The van der Waals surface area contributed by atoms with E-state index in [2.05, 4.69) is 34.7 Å². The molecule has 2 aromatic carbocycles. The predicted octanol–water partition coefficient (Wildman–Crippen LogP) is 4.42. The van der Waals surface area contributed by atoms with E-state index in [1.165, 1.54) is 11.8 Å². The lowest BCUT2D eigenvalue weighted by Crippen LogP contribution is -2.20. The SMILES string of the molecule is Cc1ccc(C)c(NC(=O)C(Sc2nnnn2CC(C)C)c2ccccc2)c1. The maximum Gasteiger partial charge on any atom is 0.242 e. The van der Waals surface area contributed by atoms with Gasteiger partial charge in [-0.05, 0) is 52.9 Å². The van der Waals surface area contributed by atoms with Crippen molar-refractivity contribution in [3.63, 3.8) is 0 Å². The summed E-state index contributed by atoms with van der Waals surface area (Å²) in [5.41, 5.74) is 3.87. The molecular weight excluding hydrogens is 370 g/mol. The molecule has 146 valence electrons. The van der Waals surface area contributed by atoms with Gasteiger partial charge in [0, 0.05) is 12.2 Å². The molecule has 0 fully saturated rings. The van der Waals surface area contributed by atoms with Crippen LogP contribution in [0.3, 0.4) is 0 Å². The van der Waals surface area contributed by atoms with Gasteiger partial charge in [0.15, 0.2) is 0 Å². The first-order valence-corrected chi connectivity index (χ1v) is 10.2. The minimum absolute atomic E-state index is 0.0935. The van der Waals surface area contributed by atoms with Gasteiger partial charge in [-0.1, -0.05) is 68.1 Å². The summed E-state index contributed by atoms with van der Waals surface area (Å²) in [7, 11) is 0. The molecule has 0 aliphatic heterocycles. The molecule has 1 unspecified atom stereocenters. The zero-order valence-corrected chi connectivity index (χ0v) is 17.4. The summed E-state index contributed by atoms with van der Waals surface area (Å²) in [6, 6.07) is 15.8. The van der Waals surface area contributed by atoms with Gasteiger partial charge < -0.3 is 5.32 Å². The lowest BCUT2D eigenvalue weighted by molar-refractivity contribution is -0.115. The minimum atomic E-state index is -0.460. The monoisotopic (exact) mass is 395 g/mol. The van der Waals surface area contributed by atoms with E-state index < -0.39 is 5.25 Å². The van der Waals surface area contributed by atoms with E-state index in [9.17, 15) is 4.79 Å². The third kappa shape index (κ3) is 4.98. The van der Waals surface area contributed by atoms with Crippen molar-refractivity contribution >= 4 is 23.4 Å². The standard InChI is InChI=1S/C21H25N5OS/c1-14(2)13-26-21(23-24-25-26)28-19(17-8-6-5-7-9-17)20(27)22-18-12-15(3)10-11-16(18)4/h5-12,14,19H,13H2,1-4H3,(H,22,27). The number of carbonyl (C=O) groups is 1. The number of hydrogen-bond donors (Lipinski definition) is 1. The molecule has 7 heteroatoms. The molecule has 0 aliphatic carbocycles. The molecule has 0 bridgehead atoms. The van der Waals surface area contributed by atoms with Crippen molar-refractivity contribution in [2.45, 2.75) is 44.6 Å². The molecule has 1 atom stereocenters. The first-order valence-electron chi connectivity index (χ1n) is 9.30. The molecule has 28 heavy (non-hydrogen) atoms. The minimum Gasteiger partial charge on any atom is -0.325 e. The highest BCUT2D eigenvalue weighted by molar-refractivity contribution is 8.00. The van der Waals surface area contributed by atoms with Crippen molar-refractivity contribution in [1.29, 1.82) is 0 Å². The number of rotatable bonds is 7. The highest BCUT2D eigenvalue weighted by Gasteiger charge is 2.25. The Morgan fingerprint density at radius 2 is 1.89 bits per heavy atom. The summed E-state index contributed by atoms with van der Waals surface area (Å²) in [6.07, 6.45) is 0. The Hall–Kier alpha value is -2.67. The van der Waals surface area contributed by atoms with Crippen LogP contribution in [0, 0.1) is 19.8 Å². The average Bonchev–Trinajstić information content (AvgIpc) is 3.09. The third-order valence-electron chi connectivity index (χ3n) is 4.25. The van der Waals surface area contributed by atoms with E-state index in [0.717, 1.165) is 22.4 Å². The van der Waals surface area contributed by atoms with Gasteiger partial charge in [-0.25, -0.2) is 4.68 Å². The van der Waals surface area contributed by atoms with Gasteiger partial charge in [-0.15, -0.1) is 5.10 Å². The molecule has 1 N–H and O–H groups in total. The third-order valence-corrected chi connectivity index (χ3v) is 5.48. The van der Waals surface area contributed by atoms with Gasteiger partial charge in [-0.3, -0.25) is 4.79 Å². The van der Waals surface area contributed by atoms with E-state index in [-0.39, 0.29) is 5.91 Å². The molecule has 0 spiro atoms. The molecule has 1 amide bonds. The summed E-state index contributed by atoms with van der Waals surface area (Å²) in [4.78, 5) is 13.2. The number of nitrogens with zero attached hydrogens (tertiary/aromatic N) is 4. The second kappa shape index (κ2) is 9.01. The molecule has 1 aromatic heterocycles. The Morgan fingerprint density at radius 1 is 1.14 bits per heavy atom. The van der Waals surface area contributed by atoms with Gasteiger partial charge in [0.2, 0.25) is 11.1 Å². The Bertz CT molecular complexity index is 939. The van der Waals surface area contributed by atoms with Crippen molar-refractivity contribution < 1.29 is 4.79 Å². The number of anilines is 1. The van der Waals surface area contributed by atoms with E-state index in [1.807, 2.05) is 62.4 Å². The summed E-state index contributed by atoms with van der Waals surface area (Å²) in [6.45, 7) is 8.92. The molecule has 6 nitrogen and oxygen atoms in total. The first-order chi connectivity index (χ1) is 13.4. The summed E-state index contributed by atoms with van der Waals surface area (Å²) in [5.74, 6) is 0.311. The van der Waals surface area contributed by atoms with Crippen molar-refractivity contribution in [3.05, 3.63) is 65.2 Å². The molecule has 3 aromatic rings. The molecule has 3 rings (SSSR count). The van der Waals surface area contributed by atoms with Crippen LogP contribution in [0.25, 0.3) is 0 Å². The average molecular weight is 396 g/mol. The fraction of sp³-hybridized carbons (Fsp3) is 0.333. The summed E-state index contributed by atoms with van der Waals surface area (Å²) < 4.78 is 1.76. The van der Waals surface area contributed by atoms with E-state index in [4.69, 9.17) is 0 Å². The molecule has 0 radical (unpaired) electrons. The first kappa shape index (κ1) is 20.1. The number of aryl methyl sites for hydroxylation is 2.